The Labute approximate surface area is 176 Å². The lowest BCUT2D eigenvalue weighted by Gasteiger charge is -2.10. The minimum atomic E-state index is -0.287. The van der Waals surface area contributed by atoms with Crippen molar-refractivity contribution < 1.29 is 9.53 Å². The Balaban J connectivity index is 1.65. The zero-order valence-corrected chi connectivity index (χ0v) is 16.8. The molecule has 3 aromatic rings. The summed E-state index contributed by atoms with van der Waals surface area (Å²) in [6, 6.07) is 16.9. The van der Waals surface area contributed by atoms with Crippen LogP contribution in [0.2, 0.25) is 20.1 Å². The number of halogens is 4. The van der Waals surface area contributed by atoms with E-state index in [1.807, 2.05) is 0 Å². The van der Waals surface area contributed by atoms with E-state index in [2.05, 4.69) is 5.32 Å². The number of nitrogens with one attached hydrogen (secondary N) is 1. The van der Waals surface area contributed by atoms with Crippen LogP contribution in [0.15, 0.2) is 60.7 Å². The van der Waals surface area contributed by atoms with Crippen molar-refractivity contribution in [3.8, 4) is 5.75 Å². The quantitative estimate of drug-likeness (QED) is 0.458. The van der Waals surface area contributed by atoms with Crippen molar-refractivity contribution in [2.24, 2.45) is 0 Å². The Morgan fingerprint density at radius 1 is 0.815 bits per heavy atom. The second-order valence-electron chi connectivity index (χ2n) is 5.64. The first kappa shape index (κ1) is 19.8. The van der Waals surface area contributed by atoms with E-state index in [4.69, 9.17) is 51.1 Å². The minimum Gasteiger partial charge on any atom is -0.487 e. The molecule has 0 heterocycles. The predicted octanol–water partition coefficient (Wildman–Crippen LogP) is 7.13. The van der Waals surface area contributed by atoms with Gasteiger partial charge in [0.05, 0.1) is 15.7 Å². The van der Waals surface area contributed by atoms with E-state index in [-0.39, 0.29) is 5.91 Å². The number of benzene rings is 3. The average molecular weight is 441 g/mol. The van der Waals surface area contributed by atoms with Gasteiger partial charge in [-0.1, -0.05) is 58.5 Å². The SMILES string of the molecule is O=C(Nc1cc(Cl)ccc1Cl)c1ccc(COc2cc(Cl)ccc2Cl)cc1. The van der Waals surface area contributed by atoms with Gasteiger partial charge >= 0.3 is 0 Å². The van der Waals surface area contributed by atoms with Crippen LogP contribution in [0, 0.1) is 0 Å². The van der Waals surface area contributed by atoms with Gasteiger partial charge in [0, 0.05) is 21.7 Å². The van der Waals surface area contributed by atoms with Crippen molar-refractivity contribution in [1.29, 1.82) is 0 Å². The van der Waals surface area contributed by atoms with E-state index in [0.717, 1.165) is 5.56 Å². The lowest BCUT2D eigenvalue weighted by Crippen LogP contribution is -2.12. The van der Waals surface area contributed by atoms with Crippen molar-refractivity contribution in [2.75, 3.05) is 5.32 Å². The van der Waals surface area contributed by atoms with Crippen LogP contribution >= 0.6 is 46.4 Å². The molecular weight excluding hydrogens is 428 g/mol. The van der Waals surface area contributed by atoms with Gasteiger partial charge in [-0.05, 0) is 48.0 Å². The van der Waals surface area contributed by atoms with Gasteiger partial charge in [-0.2, -0.15) is 0 Å². The van der Waals surface area contributed by atoms with Crippen LogP contribution in [0.3, 0.4) is 0 Å². The third-order valence-corrected chi connectivity index (χ3v) is 4.79. The highest BCUT2D eigenvalue weighted by Crippen LogP contribution is 2.29. The zero-order chi connectivity index (χ0) is 19.4. The summed E-state index contributed by atoms with van der Waals surface area (Å²) in [6.45, 7) is 0.294. The lowest BCUT2D eigenvalue weighted by atomic mass is 10.1. The van der Waals surface area contributed by atoms with E-state index >= 15 is 0 Å². The smallest absolute Gasteiger partial charge is 0.255 e. The molecule has 0 aliphatic heterocycles. The van der Waals surface area contributed by atoms with Crippen molar-refractivity contribution in [1.82, 2.24) is 0 Å². The van der Waals surface area contributed by atoms with Crippen molar-refractivity contribution in [2.45, 2.75) is 6.61 Å². The van der Waals surface area contributed by atoms with Gasteiger partial charge < -0.3 is 10.1 Å². The summed E-state index contributed by atoms with van der Waals surface area (Å²) >= 11 is 24.0. The van der Waals surface area contributed by atoms with Gasteiger partial charge in [0.15, 0.2) is 0 Å². The van der Waals surface area contributed by atoms with Crippen LogP contribution in [0.1, 0.15) is 15.9 Å². The number of ether oxygens (including phenoxy) is 1. The van der Waals surface area contributed by atoms with Gasteiger partial charge in [-0.25, -0.2) is 0 Å². The zero-order valence-electron chi connectivity index (χ0n) is 13.8. The van der Waals surface area contributed by atoms with Crippen LogP contribution in [-0.4, -0.2) is 5.91 Å². The minimum absolute atomic E-state index is 0.287. The Morgan fingerprint density at radius 3 is 2.15 bits per heavy atom. The molecule has 0 fully saturated rings. The maximum atomic E-state index is 12.4. The van der Waals surface area contributed by atoms with Gasteiger partial charge in [-0.15, -0.1) is 0 Å². The first-order chi connectivity index (χ1) is 12.9. The summed E-state index contributed by atoms with van der Waals surface area (Å²) in [5, 5.41) is 4.66. The van der Waals surface area contributed by atoms with Crippen LogP contribution in [0.5, 0.6) is 5.75 Å². The van der Waals surface area contributed by atoms with Crippen molar-refractivity contribution >= 4 is 58.0 Å². The monoisotopic (exact) mass is 439 g/mol. The second kappa shape index (κ2) is 8.85. The molecule has 138 valence electrons. The first-order valence-electron chi connectivity index (χ1n) is 7.85. The largest absolute Gasteiger partial charge is 0.487 e. The molecule has 0 aliphatic carbocycles. The summed E-state index contributed by atoms with van der Waals surface area (Å²) in [5.74, 6) is 0.214. The van der Waals surface area contributed by atoms with Crippen LogP contribution in [0.25, 0.3) is 0 Å². The Bertz CT molecular complexity index is 974. The van der Waals surface area contributed by atoms with Crippen molar-refractivity contribution in [3.63, 3.8) is 0 Å². The molecule has 0 radical (unpaired) electrons. The highest BCUT2D eigenvalue weighted by Gasteiger charge is 2.10. The summed E-state index contributed by atoms with van der Waals surface area (Å²) < 4.78 is 5.68. The number of rotatable bonds is 5. The van der Waals surface area contributed by atoms with E-state index in [1.165, 1.54) is 0 Å². The van der Waals surface area contributed by atoms with E-state index in [1.54, 1.807) is 60.7 Å². The summed E-state index contributed by atoms with van der Waals surface area (Å²) in [4.78, 5) is 12.4. The van der Waals surface area contributed by atoms with E-state index < -0.39 is 0 Å². The van der Waals surface area contributed by atoms with Crippen molar-refractivity contribution in [3.05, 3.63) is 91.9 Å². The fraction of sp³-hybridized carbons (Fsp3) is 0.0500. The molecule has 1 N–H and O–H groups in total. The third-order valence-electron chi connectivity index (χ3n) is 3.68. The van der Waals surface area contributed by atoms with Crippen LogP contribution < -0.4 is 10.1 Å². The maximum Gasteiger partial charge on any atom is 0.255 e. The Morgan fingerprint density at radius 2 is 1.44 bits per heavy atom. The molecule has 0 saturated heterocycles. The van der Waals surface area contributed by atoms with Gasteiger partial charge in [0.1, 0.15) is 12.4 Å². The Kier molecular flexibility index (Phi) is 6.51. The number of carbonyl (C=O) groups excluding carboxylic acids is 1. The molecule has 27 heavy (non-hydrogen) atoms. The first-order valence-corrected chi connectivity index (χ1v) is 9.37. The summed E-state index contributed by atoms with van der Waals surface area (Å²) in [5.41, 5.74) is 1.82. The lowest BCUT2D eigenvalue weighted by molar-refractivity contribution is 0.102. The molecule has 0 spiro atoms. The highest BCUT2D eigenvalue weighted by molar-refractivity contribution is 6.36. The third kappa shape index (κ3) is 5.30. The standard InChI is InChI=1S/C20H13Cl4NO2/c21-14-5-7-16(23)18(9-14)25-20(26)13-3-1-12(2-4-13)11-27-19-10-15(22)6-8-17(19)24/h1-10H,11H2,(H,25,26). The second-order valence-corrected chi connectivity index (χ2v) is 7.33. The molecule has 0 bridgehead atoms. The number of carbonyl (C=O) groups is 1. The molecule has 0 unspecified atom stereocenters. The van der Waals surface area contributed by atoms with Gasteiger partial charge in [0.2, 0.25) is 0 Å². The molecule has 0 saturated carbocycles. The fourth-order valence-corrected chi connectivity index (χ4v) is 2.96. The maximum absolute atomic E-state index is 12.4. The van der Waals surface area contributed by atoms with E-state index in [0.29, 0.717) is 43.7 Å². The molecule has 0 atom stereocenters. The molecule has 7 heteroatoms. The summed E-state index contributed by atoms with van der Waals surface area (Å²) in [7, 11) is 0. The summed E-state index contributed by atoms with van der Waals surface area (Å²) in [6.07, 6.45) is 0. The number of amides is 1. The molecule has 1 amide bonds. The molecule has 3 rings (SSSR count). The van der Waals surface area contributed by atoms with Gasteiger partial charge in [-0.3, -0.25) is 4.79 Å². The van der Waals surface area contributed by atoms with Crippen LogP contribution in [-0.2, 0) is 6.61 Å². The number of hydrogen-bond donors (Lipinski definition) is 1. The molecule has 3 aromatic carbocycles. The predicted molar refractivity (Wildman–Crippen MR) is 112 cm³/mol. The topological polar surface area (TPSA) is 38.3 Å². The van der Waals surface area contributed by atoms with Crippen LogP contribution in [0.4, 0.5) is 5.69 Å². The number of hydrogen-bond acceptors (Lipinski definition) is 2. The average Bonchev–Trinajstić information content (AvgIpc) is 2.66. The molecule has 0 aliphatic rings. The highest BCUT2D eigenvalue weighted by atomic mass is 35.5. The van der Waals surface area contributed by atoms with E-state index in [9.17, 15) is 4.79 Å². The normalized spacial score (nSPS) is 10.5. The molecule has 3 nitrogen and oxygen atoms in total. The fourth-order valence-electron chi connectivity index (χ4n) is 2.29. The Hall–Kier alpha value is -1.91. The molecule has 0 aromatic heterocycles. The number of anilines is 1. The van der Waals surface area contributed by atoms with Gasteiger partial charge in [0.25, 0.3) is 5.91 Å². The molecular formula is C20H13Cl4NO2.